The number of carbonyl (C=O) groups excluding carboxylic acids is 1. The summed E-state index contributed by atoms with van der Waals surface area (Å²) in [5.74, 6) is 1.46. The van der Waals surface area contributed by atoms with Gasteiger partial charge in [-0.3, -0.25) is 4.79 Å². The average Bonchev–Trinajstić information content (AvgIpc) is 3.43. The number of amides is 1. The molecule has 2 aliphatic rings. The van der Waals surface area contributed by atoms with Gasteiger partial charge in [-0.25, -0.2) is 0 Å². The van der Waals surface area contributed by atoms with Crippen LogP contribution in [0, 0.1) is 5.92 Å². The van der Waals surface area contributed by atoms with Crippen LogP contribution >= 0.6 is 0 Å². The highest BCUT2D eigenvalue weighted by atomic mass is 28.3. The van der Waals surface area contributed by atoms with E-state index in [2.05, 4.69) is 51.2 Å². The van der Waals surface area contributed by atoms with E-state index in [1.54, 1.807) is 7.11 Å². The summed E-state index contributed by atoms with van der Waals surface area (Å²) in [5.41, 5.74) is 0.376. The summed E-state index contributed by atoms with van der Waals surface area (Å²) < 4.78 is 12.1. The number of rotatable bonds is 12. The van der Waals surface area contributed by atoms with E-state index in [0.717, 1.165) is 31.6 Å². The van der Waals surface area contributed by atoms with Crippen molar-refractivity contribution < 1.29 is 19.4 Å². The van der Waals surface area contributed by atoms with Crippen LogP contribution < -0.4 is 9.92 Å². The number of ether oxygens (including phenoxy) is 2. The van der Waals surface area contributed by atoms with Gasteiger partial charge < -0.3 is 19.5 Å². The largest absolute Gasteiger partial charge is 0.497 e. The van der Waals surface area contributed by atoms with E-state index in [0.29, 0.717) is 17.9 Å². The maximum absolute atomic E-state index is 13.3. The van der Waals surface area contributed by atoms with E-state index in [1.165, 1.54) is 37.3 Å². The maximum Gasteiger partial charge on any atom is 0.225 e. The van der Waals surface area contributed by atoms with E-state index >= 15 is 0 Å². The molecule has 0 bridgehead atoms. The molecule has 0 saturated carbocycles. The number of aliphatic hydroxyl groups is 1. The third-order valence-electron chi connectivity index (χ3n) is 8.45. The molecule has 2 aliphatic heterocycles. The third-order valence-corrected chi connectivity index (χ3v) is 12.8. The van der Waals surface area contributed by atoms with Crippen molar-refractivity contribution in [1.29, 1.82) is 0 Å². The number of unbranched alkanes of at least 4 members (excludes halogenated alkanes) is 4. The van der Waals surface area contributed by atoms with Crippen LogP contribution in [0.2, 0.25) is 18.6 Å². The van der Waals surface area contributed by atoms with Crippen molar-refractivity contribution in [2.24, 2.45) is 5.92 Å². The van der Waals surface area contributed by atoms with E-state index in [1.807, 2.05) is 4.90 Å². The number of hydrogen-bond donors (Lipinski definition) is 1. The number of benzene rings is 1. The molecule has 3 rings (SSSR count). The lowest BCUT2D eigenvalue weighted by Crippen LogP contribution is -2.51. The second-order valence-corrected chi connectivity index (χ2v) is 15.7. The van der Waals surface area contributed by atoms with E-state index < -0.39 is 8.07 Å². The zero-order valence-corrected chi connectivity index (χ0v) is 23.1. The Morgan fingerprint density at radius 2 is 1.85 bits per heavy atom. The van der Waals surface area contributed by atoms with Gasteiger partial charge in [0.1, 0.15) is 5.75 Å². The number of carbonyl (C=O) groups is 1. The summed E-state index contributed by atoms with van der Waals surface area (Å²) in [4.78, 5) is 15.3. The molecule has 1 aromatic carbocycles. The standard InChI is InChI=1S/C28H47NO4Si/c1-6-7-8-9-10-13-25-21(2)28(34(4,5)24-16-14-23(32-3)15-17-24)26(33-25)19-27(31)29-18-11-12-22(29)20-30/h14-17,21-22,25-26,28,30H,6-13,18-20H2,1-5H3/t21-,22+,25+,26-,28+/m1/s1. The minimum atomic E-state index is -1.94. The Balaban J connectivity index is 1.78. The Labute approximate surface area is 208 Å². The molecule has 0 radical (unpaired) electrons. The van der Waals surface area contributed by atoms with Gasteiger partial charge >= 0.3 is 0 Å². The predicted octanol–water partition coefficient (Wildman–Crippen LogP) is 5.12. The molecule has 0 spiro atoms. The van der Waals surface area contributed by atoms with Gasteiger partial charge in [-0.2, -0.15) is 0 Å². The fourth-order valence-electron chi connectivity index (χ4n) is 6.44. The molecule has 1 N–H and O–H groups in total. The number of likely N-dealkylation sites (tertiary alicyclic amines) is 1. The first-order valence-electron chi connectivity index (χ1n) is 13.5. The second kappa shape index (κ2) is 12.5. The van der Waals surface area contributed by atoms with Crippen LogP contribution in [0.25, 0.3) is 0 Å². The van der Waals surface area contributed by atoms with Gasteiger partial charge in [0.05, 0.1) is 46.5 Å². The SMILES string of the molecule is CCCCCCC[C@@H]1O[C@H](CC(=O)N2CCC[C@H]2CO)[C@@H]([Si](C)(C)c2ccc(OC)cc2)[C@@H]1C. The molecule has 34 heavy (non-hydrogen) atoms. The molecule has 0 aliphatic carbocycles. The first-order valence-corrected chi connectivity index (χ1v) is 16.6. The Morgan fingerprint density at radius 1 is 1.15 bits per heavy atom. The Bertz CT molecular complexity index is 768. The van der Waals surface area contributed by atoms with Crippen LogP contribution in [0.1, 0.15) is 71.6 Å². The van der Waals surface area contributed by atoms with Crippen molar-refractivity contribution in [2.75, 3.05) is 20.3 Å². The molecular formula is C28H47NO4Si. The van der Waals surface area contributed by atoms with Crippen LogP contribution in [0.4, 0.5) is 0 Å². The molecule has 2 saturated heterocycles. The summed E-state index contributed by atoms with van der Waals surface area (Å²) in [6.45, 7) is 10.3. The fraction of sp³-hybridized carbons (Fsp3) is 0.750. The van der Waals surface area contributed by atoms with Gasteiger partial charge in [0.25, 0.3) is 0 Å². The van der Waals surface area contributed by atoms with E-state index in [-0.39, 0.29) is 30.8 Å². The lowest BCUT2D eigenvalue weighted by Gasteiger charge is -2.36. The van der Waals surface area contributed by atoms with Gasteiger partial charge in [-0.05, 0) is 42.9 Å². The Kier molecular flexibility index (Phi) is 10.0. The van der Waals surface area contributed by atoms with Crippen molar-refractivity contribution in [3.05, 3.63) is 24.3 Å². The van der Waals surface area contributed by atoms with Crippen LogP contribution in [0.3, 0.4) is 0 Å². The van der Waals surface area contributed by atoms with Gasteiger partial charge in [0.15, 0.2) is 0 Å². The molecule has 6 heteroatoms. The maximum atomic E-state index is 13.3. The lowest BCUT2D eigenvalue weighted by molar-refractivity contribution is -0.135. The van der Waals surface area contributed by atoms with Crippen molar-refractivity contribution in [2.45, 2.75) is 109 Å². The summed E-state index contributed by atoms with van der Waals surface area (Å²) in [6, 6.07) is 8.54. The molecule has 5 atom stereocenters. The zero-order chi connectivity index (χ0) is 24.7. The predicted molar refractivity (Wildman–Crippen MR) is 141 cm³/mol. The first-order chi connectivity index (χ1) is 16.3. The van der Waals surface area contributed by atoms with Crippen LogP contribution in [-0.4, -0.2) is 62.5 Å². The zero-order valence-electron chi connectivity index (χ0n) is 22.1. The second-order valence-electron chi connectivity index (χ2n) is 11.0. The molecule has 1 aromatic rings. The monoisotopic (exact) mass is 489 g/mol. The topological polar surface area (TPSA) is 59.0 Å². The van der Waals surface area contributed by atoms with Gasteiger partial charge in [-0.1, -0.05) is 76.4 Å². The Hall–Kier alpha value is -1.37. The third kappa shape index (κ3) is 6.24. The average molecular weight is 490 g/mol. The molecule has 0 aromatic heterocycles. The van der Waals surface area contributed by atoms with E-state index in [4.69, 9.17) is 9.47 Å². The number of hydrogen-bond acceptors (Lipinski definition) is 4. The van der Waals surface area contributed by atoms with Crippen LogP contribution in [0.5, 0.6) is 5.75 Å². The molecular weight excluding hydrogens is 442 g/mol. The number of nitrogens with zero attached hydrogens (tertiary/aromatic N) is 1. The quantitative estimate of drug-likeness (QED) is 0.327. The van der Waals surface area contributed by atoms with Gasteiger partial charge in [0.2, 0.25) is 5.91 Å². The summed E-state index contributed by atoms with van der Waals surface area (Å²) in [6.07, 6.45) is 9.91. The first kappa shape index (κ1) is 27.2. The molecule has 1 amide bonds. The molecule has 2 fully saturated rings. The minimum Gasteiger partial charge on any atom is -0.497 e. The number of aliphatic hydroxyl groups excluding tert-OH is 1. The summed E-state index contributed by atoms with van der Waals surface area (Å²) >= 11 is 0. The van der Waals surface area contributed by atoms with Crippen LogP contribution in [0.15, 0.2) is 24.3 Å². The Morgan fingerprint density at radius 3 is 2.50 bits per heavy atom. The van der Waals surface area contributed by atoms with Crippen molar-refractivity contribution in [3.63, 3.8) is 0 Å². The lowest BCUT2D eigenvalue weighted by atomic mass is 9.95. The van der Waals surface area contributed by atoms with Gasteiger partial charge in [0, 0.05) is 6.54 Å². The smallest absolute Gasteiger partial charge is 0.225 e. The molecule has 0 unspecified atom stereocenters. The van der Waals surface area contributed by atoms with Gasteiger partial charge in [-0.15, -0.1) is 0 Å². The molecule has 5 nitrogen and oxygen atoms in total. The normalized spacial score (nSPS) is 27.4. The van der Waals surface area contributed by atoms with Crippen molar-refractivity contribution in [1.82, 2.24) is 4.90 Å². The highest BCUT2D eigenvalue weighted by Gasteiger charge is 2.51. The van der Waals surface area contributed by atoms with E-state index in [9.17, 15) is 9.90 Å². The van der Waals surface area contributed by atoms with Crippen LogP contribution in [-0.2, 0) is 9.53 Å². The fourth-order valence-corrected chi connectivity index (χ4v) is 10.5. The molecule has 2 heterocycles. The van der Waals surface area contributed by atoms with Crippen molar-refractivity contribution >= 4 is 19.2 Å². The highest BCUT2D eigenvalue weighted by Crippen LogP contribution is 2.47. The van der Waals surface area contributed by atoms with Crippen molar-refractivity contribution in [3.8, 4) is 5.75 Å². The summed E-state index contributed by atoms with van der Waals surface area (Å²) in [5, 5.41) is 11.1. The number of methoxy groups -OCH3 is 1. The minimum absolute atomic E-state index is 0.0222. The molecule has 192 valence electrons. The highest BCUT2D eigenvalue weighted by molar-refractivity contribution is 6.91. The summed E-state index contributed by atoms with van der Waals surface area (Å²) in [7, 11) is -0.239.